The van der Waals surface area contributed by atoms with Crippen molar-refractivity contribution in [3.8, 4) is 5.75 Å². The molecule has 0 atom stereocenters. The molecular weight excluding hydrogens is 284 g/mol. The van der Waals surface area contributed by atoms with Gasteiger partial charge in [-0.2, -0.15) is 0 Å². The second kappa shape index (κ2) is 7.29. The Balaban J connectivity index is 2.57. The molecule has 0 spiro atoms. The topological polar surface area (TPSA) is 50.4 Å². The molecule has 1 rings (SSSR count). The number of amides is 1. The first kappa shape index (κ1) is 14.0. The number of likely N-dealkylation sites (N-methyl/N-ethyl adjacent to an activating group) is 1. The summed E-state index contributed by atoms with van der Waals surface area (Å²) in [5.41, 5.74) is 1.16. The van der Waals surface area contributed by atoms with Crippen molar-refractivity contribution >= 4 is 21.8 Å². The van der Waals surface area contributed by atoms with Crippen molar-refractivity contribution in [1.29, 1.82) is 0 Å². The van der Waals surface area contributed by atoms with Gasteiger partial charge in [0.2, 0.25) is 0 Å². The molecule has 0 saturated heterocycles. The van der Waals surface area contributed by atoms with Crippen LogP contribution in [0.3, 0.4) is 0 Å². The van der Waals surface area contributed by atoms with E-state index < -0.39 is 0 Å². The molecule has 0 saturated carbocycles. The van der Waals surface area contributed by atoms with Gasteiger partial charge < -0.3 is 15.4 Å². The predicted molar refractivity (Wildman–Crippen MR) is 71.1 cm³/mol. The summed E-state index contributed by atoms with van der Waals surface area (Å²) in [7, 11) is 1.90. The van der Waals surface area contributed by atoms with Crippen LogP contribution < -0.4 is 15.4 Å². The maximum Gasteiger partial charge on any atom is 0.257 e. The van der Waals surface area contributed by atoms with E-state index >= 15 is 0 Å². The second-order valence-corrected chi connectivity index (χ2v) is 4.39. The highest BCUT2D eigenvalue weighted by atomic mass is 79.9. The standard InChI is InChI=1S/C12H17BrN2O2/c1-3-15-12(16)8-17-11-5-4-9(7-14-2)6-10(11)13/h4-6,14H,3,7-8H2,1-2H3,(H,15,16). The molecule has 0 heterocycles. The van der Waals surface area contributed by atoms with Crippen LogP contribution in [-0.2, 0) is 11.3 Å². The first-order chi connectivity index (χ1) is 8.17. The largest absolute Gasteiger partial charge is 0.483 e. The summed E-state index contributed by atoms with van der Waals surface area (Å²) in [6.07, 6.45) is 0. The van der Waals surface area contributed by atoms with Gasteiger partial charge in [0.1, 0.15) is 5.75 Å². The molecule has 0 aliphatic rings. The van der Waals surface area contributed by atoms with Crippen molar-refractivity contribution in [3.05, 3.63) is 28.2 Å². The molecule has 1 amide bonds. The van der Waals surface area contributed by atoms with E-state index in [-0.39, 0.29) is 12.5 Å². The lowest BCUT2D eigenvalue weighted by atomic mass is 10.2. The van der Waals surface area contributed by atoms with Gasteiger partial charge >= 0.3 is 0 Å². The molecular formula is C12H17BrN2O2. The summed E-state index contributed by atoms with van der Waals surface area (Å²) < 4.78 is 6.26. The van der Waals surface area contributed by atoms with Crippen LogP contribution in [0.15, 0.2) is 22.7 Å². The highest BCUT2D eigenvalue weighted by Gasteiger charge is 2.05. The average Bonchev–Trinajstić information content (AvgIpc) is 2.29. The van der Waals surface area contributed by atoms with Gasteiger partial charge in [-0.1, -0.05) is 6.07 Å². The molecule has 4 nitrogen and oxygen atoms in total. The maximum atomic E-state index is 11.2. The Morgan fingerprint density at radius 1 is 1.47 bits per heavy atom. The number of carbonyl (C=O) groups excluding carboxylic acids is 1. The van der Waals surface area contributed by atoms with Crippen LogP contribution in [0.25, 0.3) is 0 Å². The van der Waals surface area contributed by atoms with Gasteiger partial charge in [0, 0.05) is 13.1 Å². The van der Waals surface area contributed by atoms with Gasteiger partial charge in [-0.25, -0.2) is 0 Å². The molecule has 0 fully saturated rings. The van der Waals surface area contributed by atoms with E-state index in [1.54, 1.807) is 0 Å². The molecule has 0 aromatic heterocycles. The number of nitrogens with one attached hydrogen (secondary N) is 2. The van der Waals surface area contributed by atoms with E-state index in [1.807, 2.05) is 32.2 Å². The van der Waals surface area contributed by atoms with Crippen LogP contribution in [0.5, 0.6) is 5.75 Å². The Hall–Kier alpha value is -1.07. The monoisotopic (exact) mass is 300 g/mol. The predicted octanol–water partition coefficient (Wildman–Crippen LogP) is 1.68. The summed E-state index contributed by atoms with van der Waals surface area (Å²) >= 11 is 3.42. The zero-order valence-corrected chi connectivity index (χ0v) is 11.6. The number of rotatable bonds is 6. The first-order valence-electron chi connectivity index (χ1n) is 5.50. The van der Waals surface area contributed by atoms with E-state index in [0.29, 0.717) is 12.3 Å². The average molecular weight is 301 g/mol. The quantitative estimate of drug-likeness (QED) is 0.840. The van der Waals surface area contributed by atoms with Gasteiger partial charge in [0.25, 0.3) is 5.91 Å². The van der Waals surface area contributed by atoms with Crippen LogP contribution in [0, 0.1) is 0 Å². The SMILES string of the molecule is CCNC(=O)COc1ccc(CNC)cc1Br. The number of carbonyl (C=O) groups is 1. The van der Waals surface area contributed by atoms with Crippen molar-refractivity contribution in [1.82, 2.24) is 10.6 Å². The molecule has 1 aromatic rings. The van der Waals surface area contributed by atoms with Gasteiger partial charge in [0.15, 0.2) is 6.61 Å². The lowest BCUT2D eigenvalue weighted by Gasteiger charge is -2.09. The third-order valence-corrected chi connectivity index (χ3v) is 2.73. The van der Waals surface area contributed by atoms with Gasteiger partial charge in [0.05, 0.1) is 4.47 Å². The van der Waals surface area contributed by atoms with Crippen LogP contribution >= 0.6 is 15.9 Å². The van der Waals surface area contributed by atoms with Crippen molar-refractivity contribution in [2.75, 3.05) is 20.2 Å². The van der Waals surface area contributed by atoms with Gasteiger partial charge in [-0.3, -0.25) is 4.79 Å². The van der Waals surface area contributed by atoms with Crippen LogP contribution in [0.2, 0.25) is 0 Å². The molecule has 1 aromatic carbocycles. The van der Waals surface area contributed by atoms with Crippen LogP contribution in [0.1, 0.15) is 12.5 Å². The zero-order chi connectivity index (χ0) is 12.7. The minimum Gasteiger partial charge on any atom is -0.483 e. The normalized spacial score (nSPS) is 10.1. The third kappa shape index (κ3) is 4.75. The lowest BCUT2D eigenvalue weighted by molar-refractivity contribution is -0.122. The number of hydrogen-bond donors (Lipinski definition) is 2. The Bertz CT molecular complexity index is 383. The third-order valence-electron chi connectivity index (χ3n) is 2.11. The van der Waals surface area contributed by atoms with Crippen LogP contribution in [-0.4, -0.2) is 26.1 Å². The summed E-state index contributed by atoms with van der Waals surface area (Å²) in [6, 6.07) is 5.80. The molecule has 5 heteroatoms. The summed E-state index contributed by atoms with van der Waals surface area (Å²) in [6.45, 7) is 3.33. The molecule has 0 aliphatic heterocycles. The molecule has 0 unspecified atom stereocenters. The van der Waals surface area contributed by atoms with Gasteiger partial charge in [-0.15, -0.1) is 0 Å². The van der Waals surface area contributed by atoms with E-state index in [0.717, 1.165) is 16.6 Å². The summed E-state index contributed by atoms with van der Waals surface area (Å²) in [5, 5.41) is 5.75. The molecule has 0 bridgehead atoms. The fourth-order valence-electron chi connectivity index (χ4n) is 1.37. The highest BCUT2D eigenvalue weighted by Crippen LogP contribution is 2.25. The molecule has 94 valence electrons. The minimum atomic E-state index is -0.112. The zero-order valence-electron chi connectivity index (χ0n) is 10.0. The molecule has 0 aliphatic carbocycles. The number of halogens is 1. The van der Waals surface area contributed by atoms with E-state index in [1.165, 1.54) is 0 Å². The summed E-state index contributed by atoms with van der Waals surface area (Å²) in [4.78, 5) is 11.2. The molecule has 2 N–H and O–H groups in total. The Morgan fingerprint density at radius 2 is 2.24 bits per heavy atom. The Morgan fingerprint density at radius 3 is 2.82 bits per heavy atom. The fourth-order valence-corrected chi connectivity index (χ4v) is 1.91. The molecule has 17 heavy (non-hydrogen) atoms. The lowest BCUT2D eigenvalue weighted by Crippen LogP contribution is -2.28. The Kier molecular flexibility index (Phi) is 6.00. The Labute approximate surface area is 110 Å². The van der Waals surface area contributed by atoms with Gasteiger partial charge in [-0.05, 0) is 47.6 Å². The highest BCUT2D eigenvalue weighted by molar-refractivity contribution is 9.10. The number of benzene rings is 1. The fraction of sp³-hybridized carbons (Fsp3) is 0.417. The molecule has 0 radical (unpaired) electrons. The van der Waals surface area contributed by atoms with Crippen molar-refractivity contribution in [2.45, 2.75) is 13.5 Å². The first-order valence-corrected chi connectivity index (χ1v) is 6.29. The smallest absolute Gasteiger partial charge is 0.257 e. The van der Waals surface area contributed by atoms with E-state index in [4.69, 9.17) is 4.74 Å². The van der Waals surface area contributed by atoms with Crippen molar-refractivity contribution < 1.29 is 9.53 Å². The van der Waals surface area contributed by atoms with Crippen molar-refractivity contribution in [2.24, 2.45) is 0 Å². The maximum absolute atomic E-state index is 11.2. The number of ether oxygens (including phenoxy) is 1. The van der Waals surface area contributed by atoms with E-state index in [9.17, 15) is 4.79 Å². The second-order valence-electron chi connectivity index (χ2n) is 3.54. The van der Waals surface area contributed by atoms with Crippen molar-refractivity contribution in [3.63, 3.8) is 0 Å². The number of hydrogen-bond acceptors (Lipinski definition) is 3. The van der Waals surface area contributed by atoms with Crippen LogP contribution in [0.4, 0.5) is 0 Å². The summed E-state index contributed by atoms with van der Waals surface area (Å²) in [5.74, 6) is 0.565. The van der Waals surface area contributed by atoms with E-state index in [2.05, 4.69) is 26.6 Å². The minimum absolute atomic E-state index is 0.0395.